The molecule has 0 aromatic heterocycles. The van der Waals surface area contributed by atoms with Gasteiger partial charge in [0.15, 0.2) is 5.75 Å². The number of hydrogen-bond donors (Lipinski definition) is 2. The van der Waals surface area contributed by atoms with Crippen LogP contribution in [0.15, 0.2) is 18.2 Å². The number of rotatable bonds is 7. The predicted octanol–water partition coefficient (Wildman–Crippen LogP) is 1.63. The molecule has 1 aromatic rings. The second-order valence-corrected chi connectivity index (χ2v) is 11.1. The molecule has 0 atom stereocenters. The van der Waals surface area contributed by atoms with E-state index in [0.717, 1.165) is 18.1 Å². The summed E-state index contributed by atoms with van der Waals surface area (Å²) in [6, 6.07) is 7.03. The summed E-state index contributed by atoms with van der Waals surface area (Å²) in [5.74, 6) is -1.54. The van der Waals surface area contributed by atoms with Crippen molar-refractivity contribution in [3.63, 3.8) is 0 Å². The van der Waals surface area contributed by atoms with Crippen molar-refractivity contribution in [1.82, 2.24) is 0 Å². The van der Waals surface area contributed by atoms with Crippen LogP contribution in [0.25, 0.3) is 0 Å². The fraction of sp³-hybridized carbons (Fsp3) is 0.462. The number of carboxylic acid groups (broad SMARTS) is 1. The summed E-state index contributed by atoms with van der Waals surface area (Å²) in [6.45, 7) is 6.01. The molecule has 0 saturated carbocycles. The average molecular weight is 340 g/mol. The molecule has 0 heterocycles. The number of para-hydroxylation sites is 1. The van der Waals surface area contributed by atoms with Gasteiger partial charge in [0.2, 0.25) is 0 Å². The van der Waals surface area contributed by atoms with Crippen molar-refractivity contribution in [2.75, 3.05) is 0 Å². The molecular formula is C13H21LiO6SSi. The molecule has 0 aliphatic heterocycles. The Morgan fingerprint density at radius 3 is 2.05 bits per heavy atom. The summed E-state index contributed by atoms with van der Waals surface area (Å²) < 4.78 is 35.7. The molecule has 2 N–H and O–H groups in total. The molecule has 0 saturated heterocycles. The average Bonchev–Trinajstić information content (AvgIpc) is 2.40. The van der Waals surface area contributed by atoms with Crippen molar-refractivity contribution in [1.29, 1.82) is 0 Å². The Morgan fingerprint density at radius 2 is 1.68 bits per heavy atom. The molecule has 6 nitrogen and oxygen atoms in total. The van der Waals surface area contributed by atoms with Gasteiger partial charge in [0.05, 0.1) is 8.07 Å². The van der Waals surface area contributed by atoms with Crippen LogP contribution in [-0.4, -0.2) is 51.0 Å². The first kappa shape index (κ1) is 21.2. The molecular weight excluding hydrogens is 319 g/mol. The summed E-state index contributed by atoms with van der Waals surface area (Å²) in [6.07, 6.45) is 0. The monoisotopic (exact) mass is 340 g/mol. The van der Waals surface area contributed by atoms with Crippen LogP contribution in [0.5, 0.6) is 5.75 Å². The van der Waals surface area contributed by atoms with E-state index in [2.05, 4.69) is 4.18 Å². The predicted molar refractivity (Wildman–Crippen MR) is 89.6 cm³/mol. The topological polar surface area (TPSA) is 101 Å². The van der Waals surface area contributed by atoms with Crippen LogP contribution in [-0.2, 0) is 10.4 Å². The zero-order valence-electron chi connectivity index (χ0n) is 12.3. The van der Waals surface area contributed by atoms with E-state index in [9.17, 15) is 18.3 Å². The maximum atomic E-state index is 11.3. The zero-order valence-corrected chi connectivity index (χ0v) is 14.1. The van der Waals surface area contributed by atoms with Crippen molar-refractivity contribution < 1.29 is 27.1 Å². The SMILES string of the molecule is CC[Si](CC)(CC)c1cccc(C(=O)O)c1OS(=O)(=O)O.[LiH]. The van der Waals surface area contributed by atoms with Gasteiger partial charge in [0.1, 0.15) is 5.56 Å². The van der Waals surface area contributed by atoms with E-state index in [1.54, 1.807) is 12.1 Å². The van der Waals surface area contributed by atoms with E-state index < -0.39 is 24.4 Å². The van der Waals surface area contributed by atoms with Gasteiger partial charge in [-0.25, -0.2) is 4.79 Å². The van der Waals surface area contributed by atoms with E-state index >= 15 is 0 Å². The van der Waals surface area contributed by atoms with Gasteiger partial charge in [0, 0.05) is 0 Å². The fourth-order valence-corrected chi connectivity index (χ4v) is 6.86. The van der Waals surface area contributed by atoms with Crippen molar-refractivity contribution in [2.24, 2.45) is 0 Å². The molecule has 0 bridgehead atoms. The Labute approximate surface area is 144 Å². The molecule has 1 aromatic carbocycles. The maximum absolute atomic E-state index is 11.3. The summed E-state index contributed by atoms with van der Waals surface area (Å²) in [4.78, 5) is 11.3. The van der Waals surface area contributed by atoms with Gasteiger partial charge < -0.3 is 9.29 Å². The first-order chi connectivity index (χ1) is 9.70. The van der Waals surface area contributed by atoms with Gasteiger partial charge in [-0.1, -0.05) is 51.0 Å². The van der Waals surface area contributed by atoms with Crippen molar-refractivity contribution in [2.45, 2.75) is 38.9 Å². The van der Waals surface area contributed by atoms with Crippen molar-refractivity contribution >= 4 is 48.5 Å². The molecule has 22 heavy (non-hydrogen) atoms. The van der Waals surface area contributed by atoms with Gasteiger partial charge in [0.25, 0.3) is 0 Å². The Balaban J connectivity index is 0.00000441. The van der Waals surface area contributed by atoms with Crippen LogP contribution in [0, 0.1) is 0 Å². The third-order valence-electron chi connectivity index (χ3n) is 4.04. The van der Waals surface area contributed by atoms with Crippen LogP contribution < -0.4 is 9.37 Å². The van der Waals surface area contributed by atoms with Crippen molar-refractivity contribution in [3.05, 3.63) is 23.8 Å². The second kappa shape index (κ2) is 8.17. The van der Waals surface area contributed by atoms with Crippen LogP contribution in [0.1, 0.15) is 31.1 Å². The molecule has 9 heteroatoms. The number of hydrogen-bond acceptors (Lipinski definition) is 4. The molecule has 1 rings (SSSR count). The Morgan fingerprint density at radius 1 is 1.18 bits per heavy atom. The molecule has 0 radical (unpaired) electrons. The van der Waals surface area contributed by atoms with Crippen LogP contribution in [0.2, 0.25) is 18.1 Å². The third-order valence-corrected chi connectivity index (χ3v) is 10.0. The number of benzene rings is 1. The number of aromatic carboxylic acids is 1. The van der Waals surface area contributed by atoms with Gasteiger partial charge in [-0.2, -0.15) is 8.42 Å². The molecule has 0 aliphatic rings. The Bertz CT molecular complexity index is 619. The van der Waals surface area contributed by atoms with E-state index in [1.165, 1.54) is 6.07 Å². The zero-order chi connectivity index (χ0) is 16.3. The van der Waals surface area contributed by atoms with Gasteiger partial charge in [-0.05, 0) is 11.3 Å². The molecule has 0 spiro atoms. The van der Waals surface area contributed by atoms with Gasteiger partial charge in [-0.15, -0.1) is 0 Å². The Hall–Kier alpha value is -0.786. The fourth-order valence-electron chi connectivity index (χ4n) is 2.64. The molecule has 0 aliphatic carbocycles. The normalized spacial score (nSPS) is 11.6. The van der Waals surface area contributed by atoms with E-state index in [0.29, 0.717) is 5.19 Å². The minimum atomic E-state index is -4.78. The van der Waals surface area contributed by atoms with Crippen LogP contribution in [0.3, 0.4) is 0 Å². The second-order valence-electron chi connectivity index (χ2n) is 4.84. The van der Waals surface area contributed by atoms with E-state index in [1.807, 2.05) is 20.8 Å². The minimum absolute atomic E-state index is 0. The first-order valence-electron chi connectivity index (χ1n) is 6.74. The van der Waals surface area contributed by atoms with Gasteiger partial charge in [-0.3, -0.25) is 4.55 Å². The van der Waals surface area contributed by atoms with Crippen molar-refractivity contribution in [3.8, 4) is 5.75 Å². The Kier molecular flexibility index (Phi) is 7.88. The van der Waals surface area contributed by atoms with E-state index in [-0.39, 0.29) is 30.2 Å². The summed E-state index contributed by atoms with van der Waals surface area (Å²) in [5.41, 5.74) is -0.252. The van der Waals surface area contributed by atoms with Crippen LogP contribution in [0.4, 0.5) is 0 Å². The van der Waals surface area contributed by atoms with Gasteiger partial charge >= 0.3 is 35.2 Å². The summed E-state index contributed by atoms with van der Waals surface area (Å²) in [7, 11) is -6.86. The first-order valence-corrected chi connectivity index (χ1v) is 10.7. The quantitative estimate of drug-likeness (QED) is 0.578. The molecule has 0 amide bonds. The van der Waals surface area contributed by atoms with Crippen LogP contribution >= 0.6 is 0 Å². The third kappa shape index (κ3) is 4.60. The summed E-state index contributed by atoms with van der Waals surface area (Å²) in [5, 5.41) is 9.85. The number of carbonyl (C=O) groups is 1. The standard InChI is InChI=1S/C13H20O6SSi.Li.H/c1-4-21(5-2,6-3)11-9-7-8-10(13(14)15)12(11)19-20(16,17)18;;/h7-9H,4-6H2,1-3H3,(H,14,15)(H,16,17,18);;. The molecule has 0 unspecified atom stereocenters. The number of carboxylic acids is 1. The summed E-state index contributed by atoms with van der Waals surface area (Å²) >= 11 is 0. The van der Waals surface area contributed by atoms with E-state index in [4.69, 9.17) is 4.55 Å². The molecule has 120 valence electrons. The molecule has 0 fully saturated rings.